The number of amides is 1. The van der Waals surface area contributed by atoms with E-state index in [-0.39, 0.29) is 11.3 Å². The number of likely N-dealkylation sites (tertiary alicyclic amines) is 1. The smallest absolute Gasteiger partial charge is 0.295 e. The standard InChI is InChI=1S/C22H25ClN2O4/c1-4-24(5-2)12-13-25-19(17-11-6-14(3)29-17)18(21(27)22(25)28)20(26)15-7-9-16(23)10-8-15/h6-11,19,26H,4-5,12-13H2,1-3H3/b20-18+/t19-/m1/s1. The van der Waals surface area contributed by atoms with Crippen LogP contribution in [0.25, 0.3) is 5.76 Å². The molecule has 0 spiro atoms. The van der Waals surface area contributed by atoms with E-state index in [1.54, 1.807) is 43.3 Å². The second-order valence-corrected chi connectivity index (χ2v) is 7.41. The van der Waals surface area contributed by atoms with Crippen molar-refractivity contribution < 1.29 is 19.1 Å². The van der Waals surface area contributed by atoms with Gasteiger partial charge in [-0.1, -0.05) is 25.4 Å². The van der Waals surface area contributed by atoms with Crippen LogP contribution in [0.3, 0.4) is 0 Å². The Hall–Kier alpha value is -2.57. The number of halogens is 1. The van der Waals surface area contributed by atoms with Crippen LogP contribution in [0.1, 0.15) is 37.0 Å². The summed E-state index contributed by atoms with van der Waals surface area (Å²) in [6.07, 6.45) is 0. The van der Waals surface area contributed by atoms with Gasteiger partial charge in [0.1, 0.15) is 23.3 Å². The average Bonchev–Trinajstić information content (AvgIpc) is 3.24. The summed E-state index contributed by atoms with van der Waals surface area (Å²) in [4.78, 5) is 29.4. The number of likely N-dealkylation sites (N-methyl/N-ethyl adjacent to an activating group) is 1. The van der Waals surface area contributed by atoms with Crippen molar-refractivity contribution in [3.63, 3.8) is 0 Å². The van der Waals surface area contributed by atoms with E-state index in [9.17, 15) is 14.7 Å². The Kier molecular flexibility index (Phi) is 6.45. The van der Waals surface area contributed by atoms with Gasteiger partial charge in [0.2, 0.25) is 0 Å². The molecule has 1 N–H and O–H groups in total. The quantitative estimate of drug-likeness (QED) is 0.419. The molecular weight excluding hydrogens is 392 g/mol. The molecule has 6 nitrogen and oxygen atoms in total. The Balaban J connectivity index is 2.06. The van der Waals surface area contributed by atoms with Crippen molar-refractivity contribution in [3.8, 4) is 0 Å². The molecule has 3 rings (SSSR count). The van der Waals surface area contributed by atoms with E-state index in [0.717, 1.165) is 13.1 Å². The molecule has 154 valence electrons. The molecule has 0 radical (unpaired) electrons. The number of nitrogens with zero attached hydrogens (tertiary/aromatic N) is 2. The van der Waals surface area contributed by atoms with E-state index in [4.69, 9.17) is 16.0 Å². The van der Waals surface area contributed by atoms with Gasteiger partial charge in [-0.05, 0) is 56.4 Å². The molecule has 0 saturated carbocycles. The predicted octanol–water partition coefficient (Wildman–Crippen LogP) is 4.00. The van der Waals surface area contributed by atoms with Gasteiger partial charge in [-0.2, -0.15) is 0 Å². The summed E-state index contributed by atoms with van der Waals surface area (Å²) >= 11 is 5.93. The van der Waals surface area contributed by atoms with E-state index >= 15 is 0 Å². The third-order valence-electron chi connectivity index (χ3n) is 5.24. The summed E-state index contributed by atoms with van der Waals surface area (Å²) in [5.74, 6) is -0.454. The summed E-state index contributed by atoms with van der Waals surface area (Å²) < 4.78 is 5.76. The van der Waals surface area contributed by atoms with Gasteiger partial charge in [0.25, 0.3) is 11.7 Å². The molecule has 2 heterocycles. The van der Waals surface area contributed by atoms with E-state index in [2.05, 4.69) is 4.90 Å². The van der Waals surface area contributed by atoms with Gasteiger partial charge >= 0.3 is 0 Å². The lowest BCUT2D eigenvalue weighted by Gasteiger charge is -2.26. The number of aliphatic hydroxyl groups is 1. The van der Waals surface area contributed by atoms with Crippen molar-refractivity contribution in [2.45, 2.75) is 26.8 Å². The Morgan fingerprint density at radius 3 is 2.34 bits per heavy atom. The number of benzene rings is 1. The van der Waals surface area contributed by atoms with Gasteiger partial charge in [0.15, 0.2) is 0 Å². The van der Waals surface area contributed by atoms with Crippen LogP contribution in [0, 0.1) is 6.92 Å². The maximum Gasteiger partial charge on any atom is 0.295 e. The number of aryl methyl sites for hydroxylation is 1. The molecule has 1 atom stereocenters. The van der Waals surface area contributed by atoms with Crippen molar-refractivity contribution in [1.29, 1.82) is 0 Å². The molecule has 0 unspecified atom stereocenters. The number of aliphatic hydroxyl groups excluding tert-OH is 1. The summed E-state index contributed by atoms with van der Waals surface area (Å²) in [5.41, 5.74) is 0.454. The van der Waals surface area contributed by atoms with Crippen LogP contribution >= 0.6 is 11.6 Å². The predicted molar refractivity (Wildman–Crippen MR) is 112 cm³/mol. The lowest BCUT2D eigenvalue weighted by molar-refractivity contribution is -0.140. The third-order valence-corrected chi connectivity index (χ3v) is 5.49. The molecule has 29 heavy (non-hydrogen) atoms. The maximum absolute atomic E-state index is 12.9. The summed E-state index contributed by atoms with van der Waals surface area (Å²) in [7, 11) is 0. The number of ketones is 1. The minimum Gasteiger partial charge on any atom is -0.507 e. The van der Waals surface area contributed by atoms with Crippen molar-refractivity contribution in [2.24, 2.45) is 0 Å². The molecular formula is C22H25ClN2O4. The molecule has 1 amide bonds. The Labute approximate surface area is 175 Å². The van der Waals surface area contributed by atoms with Gasteiger partial charge in [-0.25, -0.2) is 0 Å². The lowest BCUT2D eigenvalue weighted by Crippen LogP contribution is -2.37. The van der Waals surface area contributed by atoms with Gasteiger partial charge < -0.3 is 19.3 Å². The number of Topliss-reactive ketones (excluding diaryl/α,β-unsaturated/α-hetero) is 1. The van der Waals surface area contributed by atoms with Gasteiger partial charge in [0.05, 0.1) is 5.57 Å². The minimum absolute atomic E-state index is 0.0335. The van der Waals surface area contributed by atoms with Crippen LogP contribution in [-0.2, 0) is 9.59 Å². The largest absolute Gasteiger partial charge is 0.507 e. The Bertz CT molecular complexity index is 929. The number of hydrogen-bond donors (Lipinski definition) is 1. The summed E-state index contributed by atoms with van der Waals surface area (Å²) in [6.45, 7) is 8.55. The van der Waals surface area contributed by atoms with E-state index in [1.807, 2.05) is 13.8 Å². The minimum atomic E-state index is -0.769. The molecule has 1 aromatic carbocycles. The monoisotopic (exact) mass is 416 g/mol. The van der Waals surface area contributed by atoms with Gasteiger partial charge in [-0.15, -0.1) is 0 Å². The molecule has 0 aliphatic carbocycles. The summed E-state index contributed by atoms with van der Waals surface area (Å²) in [6, 6.07) is 9.23. The highest BCUT2D eigenvalue weighted by molar-refractivity contribution is 6.46. The van der Waals surface area contributed by atoms with Gasteiger partial charge in [0, 0.05) is 23.7 Å². The van der Waals surface area contributed by atoms with Gasteiger partial charge in [-0.3, -0.25) is 9.59 Å². The van der Waals surface area contributed by atoms with Crippen LogP contribution in [0.15, 0.2) is 46.4 Å². The molecule has 1 aliphatic heterocycles. The first-order valence-electron chi connectivity index (χ1n) is 9.70. The zero-order chi connectivity index (χ0) is 21.1. The third kappa shape index (κ3) is 4.23. The average molecular weight is 417 g/mol. The normalized spacial score (nSPS) is 18.8. The highest BCUT2D eigenvalue weighted by atomic mass is 35.5. The van der Waals surface area contributed by atoms with E-state index in [1.165, 1.54) is 4.90 Å². The highest BCUT2D eigenvalue weighted by Crippen LogP contribution is 2.39. The van der Waals surface area contributed by atoms with Crippen LogP contribution in [0.5, 0.6) is 0 Å². The second-order valence-electron chi connectivity index (χ2n) is 6.97. The zero-order valence-corrected chi connectivity index (χ0v) is 17.6. The first-order valence-corrected chi connectivity index (χ1v) is 10.1. The molecule has 1 saturated heterocycles. The van der Waals surface area contributed by atoms with Crippen molar-refractivity contribution in [1.82, 2.24) is 9.80 Å². The maximum atomic E-state index is 12.9. The van der Waals surface area contributed by atoms with E-state index < -0.39 is 17.7 Å². The fourth-order valence-electron chi connectivity index (χ4n) is 3.56. The second kappa shape index (κ2) is 8.84. The number of furan rings is 1. The molecule has 0 bridgehead atoms. The fraction of sp³-hybridized carbons (Fsp3) is 0.364. The first kappa shape index (κ1) is 21.1. The Morgan fingerprint density at radius 1 is 1.14 bits per heavy atom. The number of carbonyl (C=O) groups excluding carboxylic acids is 2. The van der Waals surface area contributed by atoms with Crippen LogP contribution in [0.2, 0.25) is 5.02 Å². The molecule has 1 fully saturated rings. The zero-order valence-electron chi connectivity index (χ0n) is 16.8. The van der Waals surface area contributed by atoms with E-state index in [0.29, 0.717) is 35.2 Å². The van der Waals surface area contributed by atoms with Crippen molar-refractivity contribution in [3.05, 3.63) is 64.1 Å². The van der Waals surface area contributed by atoms with Crippen molar-refractivity contribution >= 4 is 29.1 Å². The number of carbonyl (C=O) groups is 2. The topological polar surface area (TPSA) is 74.0 Å². The fourth-order valence-corrected chi connectivity index (χ4v) is 3.69. The molecule has 7 heteroatoms. The van der Waals surface area contributed by atoms with Crippen molar-refractivity contribution in [2.75, 3.05) is 26.2 Å². The molecule has 2 aromatic rings. The summed E-state index contributed by atoms with van der Waals surface area (Å²) in [5, 5.41) is 11.4. The SMILES string of the molecule is CCN(CC)CCN1C(=O)C(=O)/C(=C(/O)c2ccc(Cl)cc2)[C@H]1c1ccc(C)o1. The van der Waals surface area contributed by atoms with Crippen LogP contribution in [-0.4, -0.2) is 52.8 Å². The Morgan fingerprint density at radius 2 is 1.79 bits per heavy atom. The highest BCUT2D eigenvalue weighted by Gasteiger charge is 2.47. The lowest BCUT2D eigenvalue weighted by atomic mass is 9.99. The first-order chi connectivity index (χ1) is 13.9. The molecule has 1 aromatic heterocycles. The molecule has 1 aliphatic rings. The van der Waals surface area contributed by atoms with Crippen LogP contribution in [0.4, 0.5) is 0 Å². The number of hydrogen-bond acceptors (Lipinski definition) is 5. The van der Waals surface area contributed by atoms with Crippen LogP contribution < -0.4 is 0 Å². The number of rotatable bonds is 7.